The Labute approximate surface area is 135 Å². The predicted molar refractivity (Wildman–Crippen MR) is 78.1 cm³/mol. The molecular weight excluding hydrogens is 327 g/mol. The van der Waals surface area contributed by atoms with Crippen LogP contribution in [0.2, 0.25) is 0 Å². The van der Waals surface area contributed by atoms with Crippen LogP contribution in [0, 0.1) is 12.8 Å². The highest BCUT2D eigenvalue weighted by Gasteiger charge is 2.51. The molecule has 0 aliphatic carbocycles. The van der Waals surface area contributed by atoms with Crippen LogP contribution in [0.15, 0.2) is 15.8 Å². The number of H-pyrrole nitrogens is 1. The van der Waals surface area contributed by atoms with Crippen molar-refractivity contribution in [2.45, 2.75) is 38.5 Å². The number of esters is 1. The average Bonchev–Trinajstić information content (AvgIpc) is 2.86. The molecule has 0 amide bonds. The monoisotopic (exact) mass is 346 g/mol. The number of aromatic nitrogens is 2. The van der Waals surface area contributed by atoms with E-state index in [1.54, 1.807) is 0 Å². The maximum absolute atomic E-state index is 14.5. The summed E-state index contributed by atoms with van der Waals surface area (Å²) in [4.78, 5) is 37.2. The Morgan fingerprint density at radius 1 is 1.54 bits per heavy atom. The molecule has 1 aromatic heterocycles. The van der Waals surface area contributed by atoms with Crippen molar-refractivity contribution in [3.05, 3.63) is 32.6 Å². The van der Waals surface area contributed by atoms with Gasteiger partial charge in [-0.3, -0.25) is 14.3 Å². The lowest BCUT2D eigenvalue weighted by Gasteiger charge is -2.24. The standard InChI is InChI=1S/C14H19FN2O7/c1-3-23-13(21)9(15)8-10(19)7(5-18)24-12(8)17-4-6(2)11(20)16-14(17)22/h4,7-10,12,18-19H,3,5H2,1-2H3,(H,16,20,22)/t7-,8+,9?,10-,12+/m1/s1. The molecule has 0 bridgehead atoms. The van der Waals surface area contributed by atoms with E-state index in [4.69, 9.17) is 4.74 Å². The van der Waals surface area contributed by atoms with Gasteiger partial charge in [0.25, 0.3) is 5.56 Å². The molecule has 5 atom stereocenters. The number of carbonyl (C=O) groups is 1. The molecule has 24 heavy (non-hydrogen) atoms. The number of aryl methyl sites for hydroxylation is 1. The predicted octanol–water partition coefficient (Wildman–Crippen LogP) is -1.39. The lowest BCUT2D eigenvalue weighted by Crippen LogP contribution is -2.42. The Hall–Kier alpha value is -2.04. The summed E-state index contributed by atoms with van der Waals surface area (Å²) in [5.41, 5.74) is -1.35. The second-order valence-corrected chi connectivity index (χ2v) is 5.45. The number of rotatable bonds is 5. The molecule has 1 aliphatic heterocycles. The SMILES string of the molecule is CCOC(=O)C(F)[C@H]1[C@H](O)[C@@H](CO)O[C@@H]1n1cc(C)c(=O)[nH]c1=O. The van der Waals surface area contributed by atoms with Gasteiger partial charge in [-0.1, -0.05) is 0 Å². The van der Waals surface area contributed by atoms with E-state index >= 15 is 0 Å². The fourth-order valence-electron chi connectivity index (χ4n) is 2.64. The molecule has 1 unspecified atom stereocenters. The number of ether oxygens (including phenoxy) is 2. The van der Waals surface area contributed by atoms with E-state index < -0.39 is 54.4 Å². The van der Waals surface area contributed by atoms with E-state index in [1.165, 1.54) is 13.8 Å². The molecule has 2 rings (SSSR count). The van der Waals surface area contributed by atoms with Crippen LogP contribution in [-0.4, -0.2) is 57.3 Å². The summed E-state index contributed by atoms with van der Waals surface area (Å²) in [6.45, 7) is 2.22. The number of alkyl halides is 1. The van der Waals surface area contributed by atoms with Gasteiger partial charge in [0.1, 0.15) is 12.3 Å². The zero-order valence-corrected chi connectivity index (χ0v) is 13.1. The highest BCUT2D eigenvalue weighted by atomic mass is 19.1. The zero-order valence-electron chi connectivity index (χ0n) is 13.1. The zero-order chi connectivity index (χ0) is 18.0. The molecule has 1 aliphatic rings. The summed E-state index contributed by atoms with van der Waals surface area (Å²) < 4.78 is 25.3. The van der Waals surface area contributed by atoms with Crippen LogP contribution in [0.25, 0.3) is 0 Å². The van der Waals surface area contributed by atoms with Crippen molar-refractivity contribution in [1.82, 2.24) is 9.55 Å². The summed E-state index contributed by atoms with van der Waals surface area (Å²) in [6.07, 6.45) is -5.26. The second kappa shape index (κ2) is 7.24. The van der Waals surface area contributed by atoms with Gasteiger partial charge < -0.3 is 19.7 Å². The molecule has 2 heterocycles. The smallest absolute Gasteiger partial charge is 0.341 e. The lowest BCUT2D eigenvalue weighted by molar-refractivity contribution is -0.154. The molecule has 1 saturated heterocycles. The van der Waals surface area contributed by atoms with Crippen molar-refractivity contribution >= 4 is 5.97 Å². The summed E-state index contributed by atoms with van der Waals surface area (Å²) >= 11 is 0. The third-order valence-electron chi connectivity index (χ3n) is 3.87. The number of halogens is 1. The van der Waals surface area contributed by atoms with Gasteiger partial charge in [-0.15, -0.1) is 0 Å². The van der Waals surface area contributed by atoms with E-state index in [9.17, 15) is 29.0 Å². The van der Waals surface area contributed by atoms with Crippen molar-refractivity contribution in [3.63, 3.8) is 0 Å². The molecule has 3 N–H and O–H groups in total. The van der Waals surface area contributed by atoms with Crippen LogP contribution in [-0.2, 0) is 14.3 Å². The largest absolute Gasteiger partial charge is 0.464 e. The fraction of sp³-hybridized carbons (Fsp3) is 0.643. The van der Waals surface area contributed by atoms with Crippen molar-refractivity contribution in [1.29, 1.82) is 0 Å². The first-order chi connectivity index (χ1) is 11.3. The van der Waals surface area contributed by atoms with E-state index in [-0.39, 0.29) is 12.2 Å². The molecule has 134 valence electrons. The minimum Gasteiger partial charge on any atom is -0.464 e. The summed E-state index contributed by atoms with van der Waals surface area (Å²) in [5.74, 6) is -2.69. The van der Waals surface area contributed by atoms with Gasteiger partial charge in [0.2, 0.25) is 6.17 Å². The first-order valence-corrected chi connectivity index (χ1v) is 7.39. The van der Waals surface area contributed by atoms with Crippen LogP contribution in [0.5, 0.6) is 0 Å². The van der Waals surface area contributed by atoms with Gasteiger partial charge in [0.15, 0.2) is 0 Å². The number of nitrogens with one attached hydrogen (secondary N) is 1. The number of aliphatic hydroxyl groups is 2. The number of hydrogen-bond donors (Lipinski definition) is 3. The molecule has 0 aromatic carbocycles. The lowest BCUT2D eigenvalue weighted by atomic mass is 9.94. The molecular formula is C14H19FN2O7. The normalized spacial score (nSPS) is 27.9. The minimum absolute atomic E-state index is 0.0608. The fourth-order valence-corrected chi connectivity index (χ4v) is 2.64. The van der Waals surface area contributed by atoms with Crippen molar-refractivity contribution in [3.8, 4) is 0 Å². The third-order valence-corrected chi connectivity index (χ3v) is 3.87. The summed E-state index contributed by atoms with van der Waals surface area (Å²) in [7, 11) is 0. The van der Waals surface area contributed by atoms with Gasteiger partial charge in [-0.25, -0.2) is 14.0 Å². The topological polar surface area (TPSA) is 131 Å². The van der Waals surface area contributed by atoms with Crippen molar-refractivity contribution in [2.24, 2.45) is 5.92 Å². The summed E-state index contributed by atoms with van der Waals surface area (Å²) in [6, 6.07) is 0. The molecule has 1 fully saturated rings. The molecule has 0 radical (unpaired) electrons. The van der Waals surface area contributed by atoms with E-state index in [1.807, 2.05) is 4.98 Å². The Bertz CT molecular complexity index is 716. The Kier molecular flexibility index (Phi) is 5.52. The van der Waals surface area contributed by atoms with Crippen LogP contribution in [0.3, 0.4) is 0 Å². The van der Waals surface area contributed by atoms with Crippen LogP contribution < -0.4 is 11.2 Å². The third kappa shape index (κ3) is 3.25. The molecule has 10 heteroatoms. The first kappa shape index (κ1) is 18.3. The maximum Gasteiger partial charge on any atom is 0.341 e. The highest BCUT2D eigenvalue weighted by molar-refractivity contribution is 5.75. The number of aromatic amines is 1. The van der Waals surface area contributed by atoms with Gasteiger partial charge in [0, 0.05) is 11.8 Å². The quantitative estimate of drug-likeness (QED) is 0.560. The summed E-state index contributed by atoms with van der Waals surface area (Å²) in [5, 5.41) is 19.4. The van der Waals surface area contributed by atoms with Gasteiger partial charge >= 0.3 is 11.7 Å². The minimum atomic E-state index is -2.28. The Balaban J connectivity index is 2.45. The van der Waals surface area contributed by atoms with Crippen molar-refractivity contribution < 1.29 is 28.9 Å². The maximum atomic E-state index is 14.5. The number of aliphatic hydroxyl groups excluding tert-OH is 2. The van der Waals surface area contributed by atoms with E-state index in [2.05, 4.69) is 4.74 Å². The van der Waals surface area contributed by atoms with Gasteiger partial charge in [-0.05, 0) is 13.8 Å². The van der Waals surface area contributed by atoms with Crippen LogP contribution in [0.4, 0.5) is 4.39 Å². The first-order valence-electron chi connectivity index (χ1n) is 7.39. The molecule has 1 aromatic rings. The van der Waals surface area contributed by atoms with Crippen LogP contribution >= 0.6 is 0 Å². The highest BCUT2D eigenvalue weighted by Crippen LogP contribution is 2.37. The number of hydrogen-bond acceptors (Lipinski definition) is 7. The van der Waals surface area contributed by atoms with Crippen LogP contribution in [0.1, 0.15) is 18.7 Å². The second-order valence-electron chi connectivity index (χ2n) is 5.45. The molecule has 0 saturated carbocycles. The molecule has 0 spiro atoms. The van der Waals surface area contributed by atoms with Crippen molar-refractivity contribution in [2.75, 3.05) is 13.2 Å². The average molecular weight is 346 g/mol. The Morgan fingerprint density at radius 2 is 2.21 bits per heavy atom. The number of nitrogens with zero attached hydrogens (tertiary/aromatic N) is 1. The number of carbonyl (C=O) groups excluding carboxylic acids is 1. The Morgan fingerprint density at radius 3 is 2.79 bits per heavy atom. The van der Waals surface area contributed by atoms with E-state index in [0.717, 1.165) is 10.8 Å². The van der Waals surface area contributed by atoms with Gasteiger partial charge in [-0.2, -0.15) is 0 Å². The molecule has 9 nitrogen and oxygen atoms in total. The van der Waals surface area contributed by atoms with E-state index in [0.29, 0.717) is 0 Å². The van der Waals surface area contributed by atoms with Gasteiger partial charge in [0.05, 0.1) is 25.2 Å².